The number of aryl methyl sites for hydroxylation is 2. The summed E-state index contributed by atoms with van der Waals surface area (Å²) in [6, 6.07) is 15.8. The standard InChI is InChI=1S/C18H18N2O/c1-13-9-11-15(12-10-13)18(21)20-19-17-8-4-6-14-5-2-3-7-16(14)17/h2-3,5,7,9-12H,4,6,8H2,1H3,(H,20,21)/b19-17-. The van der Waals surface area contributed by atoms with Gasteiger partial charge in [-0.15, -0.1) is 0 Å². The summed E-state index contributed by atoms with van der Waals surface area (Å²) in [6.45, 7) is 2.00. The number of carbonyl (C=O) groups is 1. The minimum atomic E-state index is -0.162. The molecule has 0 saturated heterocycles. The first-order chi connectivity index (χ1) is 10.2. The van der Waals surface area contributed by atoms with Gasteiger partial charge in [-0.05, 0) is 43.9 Å². The first-order valence-electron chi connectivity index (χ1n) is 7.26. The molecule has 106 valence electrons. The van der Waals surface area contributed by atoms with Crippen LogP contribution in [0.1, 0.15) is 39.9 Å². The highest BCUT2D eigenvalue weighted by molar-refractivity contribution is 6.04. The normalized spacial score (nSPS) is 15.6. The van der Waals surface area contributed by atoms with Gasteiger partial charge in [0.2, 0.25) is 0 Å². The van der Waals surface area contributed by atoms with Crippen molar-refractivity contribution >= 4 is 11.6 Å². The third-order valence-corrected chi connectivity index (χ3v) is 3.79. The maximum absolute atomic E-state index is 12.1. The maximum atomic E-state index is 12.1. The van der Waals surface area contributed by atoms with E-state index in [2.05, 4.69) is 22.7 Å². The quantitative estimate of drug-likeness (QED) is 0.840. The van der Waals surface area contributed by atoms with E-state index in [4.69, 9.17) is 0 Å². The van der Waals surface area contributed by atoms with E-state index in [1.54, 1.807) is 0 Å². The van der Waals surface area contributed by atoms with Crippen molar-refractivity contribution in [3.63, 3.8) is 0 Å². The molecular weight excluding hydrogens is 260 g/mol. The van der Waals surface area contributed by atoms with Gasteiger partial charge in [0.25, 0.3) is 5.91 Å². The number of fused-ring (bicyclic) bond motifs is 1. The SMILES string of the molecule is Cc1ccc(C(=O)N/N=C2/CCCc3ccccc32)cc1. The molecule has 0 saturated carbocycles. The number of nitrogens with zero attached hydrogens (tertiary/aromatic N) is 1. The van der Waals surface area contributed by atoms with Gasteiger partial charge in [0.1, 0.15) is 0 Å². The van der Waals surface area contributed by atoms with Gasteiger partial charge in [-0.2, -0.15) is 5.10 Å². The van der Waals surface area contributed by atoms with E-state index >= 15 is 0 Å². The minimum Gasteiger partial charge on any atom is -0.267 e. The second-order valence-corrected chi connectivity index (χ2v) is 5.38. The molecule has 1 aliphatic rings. The molecule has 0 heterocycles. The predicted octanol–water partition coefficient (Wildman–Crippen LogP) is 3.47. The fourth-order valence-corrected chi connectivity index (χ4v) is 2.60. The van der Waals surface area contributed by atoms with Gasteiger partial charge in [0.15, 0.2) is 0 Å². The predicted molar refractivity (Wildman–Crippen MR) is 84.6 cm³/mol. The van der Waals surface area contributed by atoms with E-state index in [0.717, 1.165) is 36.1 Å². The minimum absolute atomic E-state index is 0.162. The number of hydrogen-bond acceptors (Lipinski definition) is 2. The van der Waals surface area contributed by atoms with Crippen molar-refractivity contribution in [2.45, 2.75) is 26.2 Å². The first-order valence-corrected chi connectivity index (χ1v) is 7.26. The van der Waals surface area contributed by atoms with Crippen molar-refractivity contribution in [2.24, 2.45) is 5.10 Å². The second kappa shape index (κ2) is 5.92. The molecule has 3 nitrogen and oxygen atoms in total. The van der Waals surface area contributed by atoms with Crippen LogP contribution in [0.3, 0.4) is 0 Å². The van der Waals surface area contributed by atoms with E-state index in [1.807, 2.05) is 43.3 Å². The average Bonchev–Trinajstić information content (AvgIpc) is 2.53. The van der Waals surface area contributed by atoms with Crippen molar-refractivity contribution in [3.8, 4) is 0 Å². The number of benzene rings is 2. The number of hydrazone groups is 1. The van der Waals surface area contributed by atoms with E-state index in [1.165, 1.54) is 5.56 Å². The number of hydrogen-bond donors (Lipinski definition) is 1. The second-order valence-electron chi connectivity index (χ2n) is 5.38. The highest BCUT2D eigenvalue weighted by Gasteiger charge is 2.15. The van der Waals surface area contributed by atoms with Crippen LogP contribution < -0.4 is 5.43 Å². The Morgan fingerprint density at radius 2 is 1.81 bits per heavy atom. The Bertz CT molecular complexity index is 687. The van der Waals surface area contributed by atoms with Crippen molar-refractivity contribution < 1.29 is 4.79 Å². The van der Waals surface area contributed by atoms with Gasteiger partial charge >= 0.3 is 0 Å². The summed E-state index contributed by atoms with van der Waals surface area (Å²) >= 11 is 0. The molecule has 0 fully saturated rings. The molecule has 0 unspecified atom stereocenters. The van der Waals surface area contributed by atoms with Gasteiger partial charge in [0, 0.05) is 11.1 Å². The Labute approximate surface area is 124 Å². The van der Waals surface area contributed by atoms with E-state index < -0.39 is 0 Å². The van der Waals surface area contributed by atoms with Crippen LogP contribution in [-0.2, 0) is 6.42 Å². The number of amides is 1. The molecule has 3 rings (SSSR count). The van der Waals surface area contributed by atoms with Crippen molar-refractivity contribution in [3.05, 3.63) is 70.8 Å². The molecular formula is C18H18N2O. The topological polar surface area (TPSA) is 41.5 Å². The molecule has 0 atom stereocenters. The highest BCUT2D eigenvalue weighted by Crippen LogP contribution is 2.21. The third kappa shape index (κ3) is 3.02. The molecule has 0 spiro atoms. The molecule has 2 aromatic rings. The van der Waals surface area contributed by atoms with Crippen LogP contribution in [0.4, 0.5) is 0 Å². The van der Waals surface area contributed by atoms with Crippen LogP contribution in [0.25, 0.3) is 0 Å². The summed E-state index contributed by atoms with van der Waals surface area (Å²) in [6.07, 6.45) is 3.07. The molecule has 21 heavy (non-hydrogen) atoms. The summed E-state index contributed by atoms with van der Waals surface area (Å²) in [4.78, 5) is 12.1. The first kappa shape index (κ1) is 13.6. The fraction of sp³-hybridized carbons (Fsp3) is 0.222. The highest BCUT2D eigenvalue weighted by atomic mass is 16.2. The zero-order valence-electron chi connectivity index (χ0n) is 12.1. The van der Waals surface area contributed by atoms with Crippen LogP contribution in [0.15, 0.2) is 53.6 Å². The van der Waals surface area contributed by atoms with Crippen LogP contribution in [0, 0.1) is 6.92 Å². The van der Waals surface area contributed by atoms with Crippen LogP contribution in [0.2, 0.25) is 0 Å². The lowest BCUT2D eigenvalue weighted by molar-refractivity contribution is 0.0954. The third-order valence-electron chi connectivity index (χ3n) is 3.79. The number of rotatable bonds is 2. The van der Waals surface area contributed by atoms with Crippen LogP contribution in [0.5, 0.6) is 0 Å². The molecule has 1 aliphatic carbocycles. The van der Waals surface area contributed by atoms with Crippen LogP contribution in [-0.4, -0.2) is 11.6 Å². The van der Waals surface area contributed by atoms with Gasteiger partial charge in [-0.1, -0.05) is 42.0 Å². The van der Waals surface area contributed by atoms with Gasteiger partial charge < -0.3 is 0 Å². The van der Waals surface area contributed by atoms with Gasteiger partial charge in [-0.3, -0.25) is 4.79 Å². The molecule has 0 radical (unpaired) electrons. The Morgan fingerprint density at radius 3 is 2.62 bits per heavy atom. The van der Waals surface area contributed by atoms with Gasteiger partial charge in [-0.25, -0.2) is 5.43 Å². The van der Waals surface area contributed by atoms with Crippen molar-refractivity contribution in [1.82, 2.24) is 5.43 Å². The number of carbonyl (C=O) groups excluding carboxylic acids is 1. The molecule has 2 aromatic carbocycles. The molecule has 0 aromatic heterocycles. The van der Waals surface area contributed by atoms with Crippen LogP contribution >= 0.6 is 0 Å². The van der Waals surface area contributed by atoms with E-state index in [9.17, 15) is 4.79 Å². The Morgan fingerprint density at radius 1 is 1.05 bits per heavy atom. The Balaban J connectivity index is 1.78. The molecule has 1 amide bonds. The smallest absolute Gasteiger partial charge is 0.267 e. The lowest BCUT2D eigenvalue weighted by Gasteiger charge is -2.17. The maximum Gasteiger partial charge on any atom is 0.271 e. The average molecular weight is 278 g/mol. The van der Waals surface area contributed by atoms with E-state index in [0.29, 0.717) is 5.56 Å². The zero-order chi connectivity index (χ0) is 14.7. The molecule has 3 heteroatoms. The summed E-state index contributed by atoms with van der Waals surface area (Å²) in [5, 5.41) is 4.34. The van der Waals surface area contributed by atoms with Crippen molar-refractivity contribution in [2.75, 3.05) is 0 Å². The fourth-order valence-electron chi connectivity index (χ4n) is 2.60. The van der Waals surface area contributed by atoms with E-state index in [-0.39, 0.29) is 5.91 Å². The largest absolute Gasteiger partial charge is 0.271 e. The zero-order valence-corrected chi connectivity index (χ0v) is 12.1. The number of nitrogens with one attached hydrogen (secondary N) is 1. The summed E-state index contributed by atoms with van der Waals surface area (Å²) in [5.41, 5.74) is 7.89. The lowest BCUT2D eigenvalue weighted by Crippen LogP contribution is -2.22. The lowest BCUT2D eigenvalue weighted by atomic mass is 9.90. The Hall–Kier alpha value is -2.42. The molecule has 1 N–H and O–H groups in total. The monoisotopic (exact) mass is 278 g/mol. The molecule has 0 aliphatic heterocycles. The van der Waals surface area contributed by atoms with Gasteiger partial charge in [0.05, 0.1) is 5.71 Å². The summed E-state index contributed by atoms with van der Waals surface area (Å²) in [5.74, 6) is -0.162. The Kier molecular flexibility index (Phi) is 3.82. The summed E-state index contributed by atoms with van der Waals surface area (Å²) in [7, 11) is 0. The van der Waals surface area contributed by atoms with Crippen molar-refractivity contribution in [1.29, 1.82) is 0 Å². The molecule has 0 bridgehead atoms. The summed E-state index contributed by atoms with van der Waals surface area (Å²) < 4.78 is 0.